The Kier molecular flexibility index (Phi) is 3.36. The van der Waals surface area contributed by atoms with Gasteiger partial charge in [-0.2, -0.15) is 0 Å². The summed E-state index contributed by atoms with van der Waals surface area (Å²) in [4.78, 5) is 1.29. The van der Waals surface area contributed by atoms with Crippen molar-refractivity contribution in [1.29, 1.82) is 0 Å². The quantitative estimate of drug-likeness (QED) is 0.666. The lowest BCUT2D eigenvalue weighted by Crippen LogP contribution is -1.90. The maximum absolute atomic E-state index is 9.22. The fourth-order valence-electron chi connectivity index (χ4n) is 1.41. The predicted molar refractivity (Wildman–Crippen MR) is 72.2 cm³/mol. The average Bonchev–Trinajstić information content (AvgIpc) is 2.64. The van der Waals surface area contributed by atoms with E-state index in [1.165, 1.54) is 18.6 Å². The van der Waals surface area contributed by atoms with Crippen molar-refractivity contribution in [2.45, 2.75) is 11.5 Å². The molecule has 0 spiro atoms. The van der Waals surface area contributed by atoms with Crippen LogP contribution in [0.15, 0.2) is 22.4 Å². The molecule has 0 saturated heterocycles. The Morgan fingerprint density at radius 2 is 2.36 bits per heavy atom. The van der Waals surface area contributed by atoms with Crippen LogP contribution in [0.2, 0.25) is 0 Å². The average molecular weight is 336 g/mol. The van der Waals surface area contributed by atoms with Crippen molar-refractivity contribution >= 4 is 55.8 Å². The number of benzene rings is 1. The Hall–Kier alpha value is 0.220. The molecule has 0 saturated carbocycles. The number of aliphatic hydroxyl groups is 1. The van der Waals surface area contributed by atoms with Crippen molar-refractivity contribution in [3.05, 3.63) is 26.6 Å². The van der Waals surface area contributed by atoms with Crippen LogP contribution in [-0.4, -0.2) is 11.4 Å². The van der Waals surface area contributed by atoms with E-state index in [2.05, 4.69) is 46.4 Å². The van der Waals surface area contributed by atoms with Crippen LogP contribution in [0.3, 0.4) is 0 Å². The van der Waals surface area contributed by atoms with E-state index in [1.807, 2.05) is 0 Å². The van der Waals surface area contributed by atoms with Gasteiger partial charge in [0.25, 0.3) is 0 Å². The van der Waals surface area contributed by atoms with E-state index < -0.39 is 0 Å². The SMILES string of the molecule is CSc1c(I)c(CO)cc2ccsc12. The standard InChI is InChI=1S/C10H9IOS2/c1-13-10-8(11)7(5-12)4-6-2-3-14-9(6)10/h2-4,12H,5H2,1H3. The second-order valence-corrected chi connectivity index (χ2v) is 5.69. The van der Waals surface area contributed by atoms with Gasteiger partial charge in [0.2, 0.25) is 0 Å². The molecule has 1 N–H and O–H groups in total. The Labute approximate surface area is 105 Å². The normalized spacial score (nSPS) is 11.1. The molecule has 0 fully saturated rings. The van der Waals surface area contributed by atoms with Crippen molar-refractivity contribution < 1.29 is 5.11 Å². The number of hydrogen-bond acceptors (Lipinski definition) is 3. The summed E-state index contributed by atoms with van der Waals surface area (Å²) < 4.78 is 2.52. The van der Waals surface area contributed by atoms with Gasteiger partial charge in [-0.25, -0.2) is 0 Å². The van der Waals surface area contributed by atoms with Crippen LogP contribution < -0.4 is 0 Å². The van der Waals surface area contributed by atoms with Crippen LogP contribution in [0, 0.1) is 3.57 Å². The van der Waals surface area contributed by atoms with Gasteiger partial charge in [-0.15, -0.1) is 23.1 Å². The molecule has 0 radical (unpaired) electrons. The lowest BCUT2D eigenvalue weighted by Gasteiger charge is -2.07. The molecule has 2 rings (SSSR count). The summed E-state index contributed by atoms with van der Waals surface area (Å²) >= 11 is 5.83. The van der Waals surface area contributed by atoms with Crippen LogP contribution in [0.25, 0.3) is 10.1 Å². The lowest BCUT2D eigenvalue weighted by atomic mass is 10.2. The molecule has 74 valence electrons. The van der Waals surface area contributed by atoms with Crippen LogP contribution in [-0.2, 0) is 6.61 Å². The largest absolute Gasteiger partial charge is 0.392 e. The van der Waals surface area contributed by atoms with E-state index in [0.29, 0.717) is 0 Å². The molecule has 0 amide bonds. The van der Waals surface area contributed by atoms with Gasteiger partial charge in [-0.05, 0) is 57.3 Å². The molecular formula is C10H9IOS2. The summed E-state index contributed by atoms with van der Waals surface area (Å²) in [7, 11) is 0. The van der Waals surface area contributed by atoms with Crippen LogP contribution >= 0.6 is 45.7 Å². The molecule has 0 aliphatic carbocycles. The predicted octanol–water partition coefficient (Wildman–Crippen LogP) is 3.72. The first-order valence-electron chi connectivity index (χ1n) is 4.11. The zero-order valence-corrected chi connectivity index (χ0v) is 11.4. The first-order chi connectivity index (χ1) is 6.77. The molecule has 1 nitrogen and oxygen atoms in total. The van der Waals surface area contributed by atoms with Crippen molar-refractivity contribution in [1.82, 2.24) is 0 Å². The van der Waals surface area contributed by atoms with Gasteiger partial charge >= 0.3 is 0 Å². The molecule has 4 heteroatoms. The van der Waals surface area contributed by atoms with Crippen molar-refractivity contribution in [2.75, 3.05) is 6.26 Å². The van der Waals surface area contributed by atoms with Gasteiger partial charge in [-0.3, -0.25) is 0 Å². The van der Waals surface area contributed by atoms with Gasteiger partial charge in [0.1, 0.15) is 0 Å². The highest BCUT2D eigenvalue weighted by Gasteiger charge is 2.10. The topological polar surface area (TPSA) is 20.2 Å². The number of aliphatic hydroxyl groups excluding tert-OH is 1. The molecule has 2 aromatic rings. The molecule has 14 heavy (non-hydrogen) atoms. The van der Waals surface area contributed by atoms with Crippen molar-refractivity contribution in [2.24, 2.45) is 0 Å². The Balaban J connectivity index is 2.80. The second-order valence-electron chi connectivity index (χ2n) is 2.88. The maximum atomic E-state index is 9.22. The summed E-state index contributed by atoms with van der Waals surface area (Å²) in [6.07, 6.45) is 2.08. The Morgan fingerprint density at radius 3 is 3.00 bits per heavy atom. The van der Waals surface area contributed by atoms with Crippen LogP contribution in [0.1, 0.15) is 5.56 Å². The van der Waals surface area contributed by atoms with Gasteiger partial charge in [0.05, 0.1) is 6.61 Å². The summed E-state index contributed by atoms with van der Waals surface area (Å²) in [5, 5.41) is 12.6. The molecule has 0 aliphatic rings. The molecule has 1 aromatic carbocycles. The first-order valence-corrected chi connectivity index (χ1v) is 7.29. The number of hydrogen-bond donors (Lipinski definition) is 1. The van der Waals surface area contributed by atoms with Crippen molar-refractivity contribution in [3.8, 4) is 0 Å². The summed E-state index contributed by atoms with van der Waals surface area (Å²) in [6, 6.07) is 4.18. The maximum Gasteiger partial charge on any atom is 0.0692 e. The molecule has 0 atom stereocenters. The van der Waals surface area contributed by atoms with E-state index in [0.717, 1.165) is 5.56 Å². The van der Waals surface area contributed by atoms with E-state index in [-0.39, 0.29) is 6.61 Å². The van der Waals surface area contributed by atoms with Crippen molar-refractivity contribution in [3.63, 3.8) is 0 Å². The molecular weight excluding hydrogens is 327 g/mol. The van der Waals surface area contributed by atoms with E-state index in [4.69, 9.17) is 0 Å². The number of halogens is 1. The second kappa shape index (κ2) is 4.38. The van der Waals surface area contributed by atoms with Gasteiger partial charge in [-0.1, -0.05) is 0 Å². The molecule has 0 unspecified atom stereocenters. The third-order valence-electron chi connectivity index (χ3n) is 2.09. The van der Waals surface area contributed by atoms with Gasteiger partial charge < -0.3 is 5.11 Å². The highest BCUT2D eigenvalue weighted by Crippen LogP contribution is 2.36. The van der Waals surface area contributed by atoms with E-state index in [9.17, 15) is 5.11 Å². The fourth-order valence-corrected chi connectivity index (χ4v) is 4.68. The molecule has 0 bridgehead atoms. The number of thioether (sulfide) groups is 1. The smallest absolute Gasteiger partial charge is 0.0692 e. The van der Waals surface area contributed by atoms with E-state index in [1.54, 1.807) is 23.1 Å². The Bertz CT molecular complexity index is 464. The number of rotatable bonds is 2. The lowest BCUT2D eigenvalue weighted by molar-refractivity contribution is 0.281. The molecule has 0 aliphatic heterocycles. The Morgan fingerprint density at radius 1 is 1.57 bits per heavy atom. The number of fused-ring (bicyclic) bond motifs is 1. The third-order valence-corrected chi connectivity index (χ3v) is 5.58. The highest BCUT2D eigenvalue weighted by molar-refractivity contribution is 14.1. The third kappa shape index (κ3) is 1.68. The summed E-state index contributed by atoms with van der Waals surface area (Å²) in [6.45, 7) is 0.123. The van der Waals surface area contributed by atoms with Gasteiger partial charge in [0.15, 0.2) is 0 Å². The first kappa shape index (κ1) is 10.7. The minimum absolute atomic E-state index is 0.123. The highest BCUT2D eigenvalue weighted by atomic mass is 127. The minimum Gasteiger partial charge on any atom is -0.392 e. The molecule has 1 heterocycles. The minimum atomic E-state index is 0.123. The van der Waals surface area contributed by atoms with E-state index >= 15 is 0 Å². The summed E-state index contributed by atoms with van der Waals surface area (Å²) in [5.74, 6) is 0. The fraction of sp³-hybridized carbons (Fsp3) is 0.200. The van der Waals surface area contributed by atoms with Crippen LogP contribution in [0.5, 0.6) is 0 Å². The zero-order valence-electron chi connectivity index (χ0n) is 7.58. The van der Waals surface area contributed by atoms with Gasteiger partial charge in [0, 0.05) is 13.2 Å². The zero-order chi connectivity index (χ0) is 10.1. The monoisotopic (exact) mass is 336 g/mol. The molecule has 1 aromatic heterocycles. The summed E-state index contributed by atoms with van der Waals surface area (Å²) in [5.41, 5.74) is 1.03. The number of thiophene rings is 1. The van der Waals surface area contributed by atoms with Crippen LogP contribution in [0.4, 0.5) is 0 Å².